The van der Waals surface area contributed by atoms with Crippen LogP contribution in [0.15, 0.2) is 12.2 Å². The van der Waals surface area contributed by atoms with Crippen LogP contribution in [0.5, 0.6) is 0 Å². The molecular formula is C16H23NO4. The number of nitrogens with zero attached hydrogens (tertiary/aromatic N) is 1. The summed E-state index contributed by atoms with van der Waals surface area (Å²) in [6.45, 7) is 4.89. The average molecular weight is 293 g/mol. The fourth-order valence-corrected chi connectivity index (χ4v) is 3.76. The highest BCUT2D eigenvalue weighted by atomic mass is 16.5. The van der Waals surface area contributed by atoms with Crippen molar-refractivity contribution in [2.45, 2.75) is 38.9 Å². The van der Waals surface area contributed by atoms with E-state index in [0.717, 1.165) is 12.8 Å². The van der Waals surface area contributed by atoms with Gasteiger partial charge in [-0.25, -0.2) is 0 Å². The Morgan fingerprint density at radius 3 is 2.48 bits per heavy atom. The highest BCUT2D eigenvalue weighted by Crippen LogP contribution is 2.43. The monoisotopic (exact) mass is 293 g/mol. The van der Waals surface area contributed by atoms with Crippen LogP contribution < -0.4 is 0 Å². The molecule has 1 amide bonds. The molecule has 0 spiro atoms. The number of allylic oxidation sites excluding steroid dienone is 2. The van der Waals surface area contributed by atoms with Crippen molar-refractivity contribution in [3.8, 4) is 0 Å². The maximum atomic E-state index is 12.1. The molecule has 0 aromatic carbocycles. The van der Waals surface area contributed by atoms with Gasteiger partial charge in [-0.1, -0.05) is 12.2 Å². The van der Waals surface area contributed by atoms with Gasteiger partial charge in [0.25, 0.3) is 5.91 Å². The molecule has 0 radical (unpaired) electrons. The molecule has 116 valence electrons. The summed E-state index contributed by atoms with van der Waals surface area (Å²) in [7, 11) is 0. The first-order chi connectivity index (χ1) is 10.0. The minimum absolute atomic E-state index is 0.0316. The first kappa shape index (κ1) is 14.6. The van der Waals surface area contributed by atoms with E-state index < -0.39 is 0 Å². The normalized spacial score (nSPS) is 37.8. The van der Waals surface area contributed by atoms with Crippen molar-refractivity contribution >= 4 is 11.9 Å². The zero-order valence-electron chi connectivity index (χ0n) is 12.7. The number of hydrogen-bond acceptors (Lipinski definition) is 4. The molecule has 0 N–H and O–H groups in total. The lowest BCUT2D eigenvalue weighted by atomic mass is 9.94. The Bertz CT molecular complexity index is 451. The zero-order chi connectivity index (χ0) is 15.0. The van der Waals surface area contributed by atoms with Gasteiger partial charge in [-0.05, 0) is 38.5 Å². The Labute approximate surface area is 125 Å². The predicted molar refractivity (Wildman–Crippen MR) is 76.4 cm³/mol. The van der Waals surface area contributed by atoms with E-state index in [9.17, 15) is 9.59 Å². The topological polar surface area (TPSA) is 55.8 Å². The second-order valence-electron chi connectivity index (χ2n) is 6.55. The molecule has 5 atom stereocenters. The third kappa shape index (κ3) is 3.12. The van der Waals surface area contributed by atoms with E-state index >= 15 is 0 Å². The highest BCUT2D eigenvalue weighted by Gasteiger charge is 2.41. The number of esters is 1. The van der Waals surface area contributed by atoms with E-state index in [4.69, 9.17) is 9.47 Å². The Morgan fingerprint density at radius 1 is 1.19 bits per heavy atom. The molecule has 1 aliphatic heterocycles. The number of carbonyl (C=O) groups excluding carboxylic acids is 2. The molecule has 1 heterocycles. The van der Waals surface area contributed by atoms with Gasteiger partial charge >= 0.3 is 5.97 Å². The third-order valence-corrected chi connectivity index (χ3v) is 4.69. The minimum atomic E-state index is -0.213. The maximum Gasteiger partial charge on any atom is 0.310 e. The molecule has 3 rings (SSSR count). The molecule has 2 aliphatic carbocycles. The molecule has 1 saturated carbocycles. The number of hydrogen-bond donors (Lipinski definition) is 0. The fourth-order valence-electron chi connectivity index (χ4n) is 3.76. The van der Waals surface area contributed by atoms with E-state index in [0.29, 0.717) is 24.9 Å². The first-order valence-corrected chi connectivity index (χ1v) is 7.81. The Morgan fingerprint density at radius 2 is 1.90 bits per heavy atom. The zero-order valence-corrected chi connectivity index (χ0v) is 12.7. The van der Waals surface area contributed by atoms with Crippen LogP contribution in [0.3, 0.4) is 0 Å². The van der Waals surface area contributed by atoms with Gasteiger partial charge in [-0.3, -0.25) is 9.59 Å². The van der Waals surface area contributed by atoms with Gasteiger partial charge in [0.1, 0.15) is 0 Å². The lowest BCUT2D eigenvalue weighted by molar-refractivity contribution is -0.160. The number of morpholine rings is 1. The van der Waals surface area contributed by atoms with Crippen molar-refractivity contribution < 1.29 is 19.1 Å². The van der Waals surface area contributed by atoms with Crippen LogP contribution in [-0.2, 0) is 19.1 Å². The van der Waals surface area contributed by atoms with Gasteiger partial charge < -0.3 is 14.4 Å². The van der Waals surface area contributed by atoms with Crippen LogP contribution in [0.25, 0.3) is 0 Å². The van der Waals surface area contributed by atoms with Gasteiger partial charge in [0.05, 0.1) is 18.1 Å². The first-order valence-electron chi connectivity index (χ1n) is 7.81. The van der Waals surface area contributed by atoms with E-state index in [1.807, 2.05) is 13.8 Å². The molecule has 5 heteroatoms. The molecule has 2 bridgehead atoms. The van der Waals surface area contributed by atoms with Crippen molar-refractivity contribution in [3.05, 3.63) is 12.2 Å². The van der Waals surface area contributed by atoms with E-state index in [2.05, 4.69) is 12.2 Å². The quantitative estimate of drug-likeness (QED) is 0.583. The summed E-state index contributed by atoms with van der Waals surface area (Å²) >= 11 is 0. The summed E-state index contributed by atoms with van der Waals surface area (Å²) in [4.78, 5) is 26.0. The second kappa shape index (κ2) is 5.79. The van der Waals surface area contributed by atoms with E-state index in [1.165, 1.54) is 0 Å². The van der Waals surface area contributed by atoms with Crippen LogP contribution in [0.2, 0.25) is 0 Å². The van der Waals surface area contributed by atoms with Crippen molar-refractivity contribution in [1.29, 1.82) is 0 Å². The fraction of sp³-hybridized carbons (Fsp3) is 0.750. The summed E-state index contributed by atoms with van der Waals surface area (Å²) in [5, 5.41) is 0. The molecule has 21 heavy (non-hydrogen) atoms. The Hall–Kier alpha value is -1.36. The van der Waals surface area contributed by atoms with Gasteiger partial charge in [-0.2, -0.15) is 0 Å². The van der Waals surface area contributed by atoms with Crippen LogP contribution >= 0.6 is 0 Å². The lowest BCUT2D eigenvalue weighted by Gasteiger charge is -2.35. The van der Waals surface area contributed by atoms with E-state index in [1.54, 1.807) is 4.90 Å². The van der Waals surface area contributed by atoms with Crippen LogP contribution in [0.4, 0.5) is 0 Å². The summed E-state index contributed by atoms with van der Waals surface area (Å²) in [5.41, 5.74) is 0. The van der Waals surface area contributed by atoms with Gasteiger partial charge in [0.2, 0.25) is 0 Å². The molecule has 0 aromatic heterocycles. The average Bonchev–Trinajstić information content (AvgIpc) is 3.05. The predicted octanol–water partition coefficient (Wildman–Crippen LogP) is 1.38. The Balaban J connectivity index is 1.47. The van der Waals surface area contributed by atoms with Crippen molar-refractivity contribution in [3.63, 3.8) is 0 Å². The summed E-state index contributed by atoms with van der Waals surface area (Å²) in [5.74, 6) is 0.471. The minimum Gasteiger partial charge on any atom is -0.455 e. The molecular weight excluding hydrogens is 270 g/mol. The largest absolute Gasteiger partial charge is 0.455 e. The van der Waals surface area contributed by atoms with Gasteiger partial charge in [0.15, 0.2) is 6.61 Å². The maximum absolute atomic E-state index is 12.1. The highest BCUT2D eigenvalue weighted by molar-refractivity contribution is 5.82. The number of rotatable bonds is 3. The molecule has 5 unspecified atom stereocenters. The second-order valence-corrected chi connectivity index (χ2v) is 6.55. The third-order valence-electron chi connectivity index (χ3n) is 4.69. The number of fused-ring (bicyclic) bond motifs is 2. The van der Waals surface area contributed by atoms with Gasteiger partial charge in [-0.15, -0.1) is 0 Å². The molecule has 3 aliphatic rings. The van der Waals surface area contributed by atoms with Crippen LogP contribution in [0, 0.1) is 17.8 Å². The Kier molecular flexibility index (Phi) is 4.02. The van der Waals surface area contributed by atoms with Crippen molar-refractivity contribution in [2.24, 2.45) is 17.8 Å². The van der Waals surface area contributed by atoms with Crippen molar-refractivity contribution in [1.82, 2.24) is 4.90 Å². The molecule has 1 saturated heterocycles. The molecule has 5 nitrogen and oxygen atoms in total. The summed E-state index contributed by atoms with van der Waals surface area (Å²) in [6, 6.07) is 0. The summed E-state index contributed by atoms with van der Waals surface area (Å²) < 4.78 is 10.9. The molecule has 2 fully saturated rings. The van der Waals surface area contributed by atoms with Crippen LogP contribution in [-0.4, -0.2) is 48.7 Å². The van der Waals surface area contributed by atoms with E-state index in [-0.39, 0.29) is 36.6 Å². The summed E-state index contributed by atoms with van der Waals surface area (Å²) in [6.07, 6.45) is 6.31. The lowest BCUT2D eigenvalue weighted by Crippen LogP contribution is -2.49. The van der Waals surface area contributed by atoms with Gasteiger partial charge in [0, 0.05) is 13.1 Å². The number of ether oxygens (including phenoxy) is 2. The standard InChI is InChI=1S/C16H23NO4/c1-10-7-17(8-11(2)21-10)15(18)9-20-16(19)14-6-12-3-4-13(14)5-12/h3-4,10-14H,5-9H2,1-2H3. The number of carbonyl (C=O) groups is 2. The van der Waals surface area contributed by atoms with Crippen LogP contribution in [0.1, 0.15) is 26.7 Å². The SMILES string of the molecule is CC1CN(C(=O)COC(=O)C2CC3C=CC2C3)CC(C)O1. The smallest absolute Gasteiger partial charge is 0.310 e. The molecule has 0 aromatic rings. The van der Waals surface area contributed by atoms with Crippen molar-refractivity contribution in [2.75, 3.05) is 19.7 Å². The number of amides is 1.